The van der Waals surface area contributed by atoms with Crippen molar-refractivity contribution in [3.05, 3.63) is 88.4 Å². The number of aromatic nitrogens is 1. The van der Waals surface area contributed by atoms with Gasteiger partial charge in [0.25, 0.3) is 0 Å². The maximum atomic E-state index is 12.3. The Balaban J connectivity index is 1.64. The van der Waals surface area contributed by atoms with E-state index in [1.165, 1.54) is 4.88 Å². The molecule has 2 amide bonds. The Hall–Kier alpha value is -2.66. The molecule has 0 saturated carbocycles. The highest BCUT2D eigenvalue weighted by Crippen LogP contribution is 2.19. The van der Waals surface area contributed by atoms with Gasteiger partial charge in [0.1, 0.15) is 0 Å². The number of thiophene rings is 1. The predicted octanol–water partition coefficient (Wildman–Crippen LogP) is 3.77. The second-order valence-corrected chi connectivity index (χ2v) is 6.36. The number of carbonyl (C=O) groups excluding carboxylic acids is 1. The molecule has 0 aliphatic rings. The maximum absolute atomic E-state index is 12.3. The quantitative estimate of drug-likeness (QED) is 0.719. The van der Waals surface area contributed by atoms with Gasteiger partial charge in [0, 0.05) is 17.6 Å². The van der Waals surface area contributed by atoms with Crippen LogP contribution in [-0.4, -0.2) is 17.6 Å². The Labute approximate surface area is 145 Å². The van der Waals surface area contributed by atoms with Crippen molar-refractivity contribution in [1.29, 1.82) is 0 Å². The molecule has 5 heteroatoms. The highest BCUT2D eigenvalue weighted by Gasteiger charge is 2.17. The van der Waals surface area contributed by atoms with Gasteiger partial charge in [0.2, 0.25) is 0 Å². The van der Waals surface area contributed by atoms with Crippen molar-refractivity contribution >= 4 is 17.4 Å². The number of carbonyl (C=O) groups is 1. The van der Waals surface area contributed by atoms with Crippen molar-refractivity contribution in [3.8, 4) is 0 Å². The number of amides is 2. The minimum atomic E-state index is -0.269. The molecule has 0 radical (unpaired) electrons. The summed E-state index contributed by atoms with van der Waals surface area (Å²) in [5, 5.41) is 7.98. The highest BCUT2D eigenvalue weighted by atomic mass is 32.1. The van der Waals surface area contributed by atoms with Gasteiger partial charge in [-0.25, -0.2) is 4.79 Å². The Morgan fingerprint density at radius 2 is 1.88 bits per heavy atom. The molecule has 2 aromatic heterocycles. The lowest BCUT2D eigenvalue weighted by molar-refractivity contribution is 0.238. The standard InChI is InChI=1S/C19H19N3OS/c23-19(21-13-11-16-9-6-14-24-16)22-18(15-7-2-1-3-8-15)17-10-4-5-12-20-17/h1-10,12,14,18H,11,13H2,(H2,21,22,23). The van der Waals surface area contributed by atoms with Crippen molar-refractivity contribution < 1.29 is 4.79 Å². The average molecular weight is 337 g/mol. The lowest BCUT2D eigenvalue weighted by atomic mass is 10.0. The molecule has 1 aromatic carbocycles. The molecule has 1 unspecified atom stereocenters. The first-order valence-electron chi connectivity index (χ1n) is 7.85. The Kier molecular flexibility index (Phi) is 5.58. The third kappa shape index (κ3) is 4.43. The van der Waals surface area contributed by atoms with Crippen molar-refractivity contribution in [2.45, 2.75) is 12.5 Å². The van der Waals surface area contributed by atoms with Gasteiger partial charge in [0.05, 0.1) is 11.7 Å². The van der Waals surface area contributed by atoms with Gasteiger partial charge < -0.3 is 10.6 Å². The highest BCUT2D eigenvalue weighted by molar-refractivity contribution is 7.09. The van der Waals surface area contributed by atoms with Gasteiger partial charge in [-0.3, -0.25) is 4.98 Å². The minimum Gasteiger partial charge on any atom is -0.338 e. The number of hydrogen-bond donors (Lipinski definition) is 2. The van der Waals surface area contributed by atoms with E-state index in [0.29, 0.717) is 6.54 Å². The molecule has 4 nitrogen and oxygen atoms in total. The number of hydrogen-bond acceptors (Lipinski definition) is 3. The Morgan fingerprint density at radius 3 is 2.58 bits per heavy atom. The van der Waals surface area contributed by atoms with Crippen LogP contribution in [0, 0.1) is 0 Å². The molecule has 0 bridgehead atoms. The molecule has 0 aliphatic carbocycles. The van der Waals surface area contributed by atoms with E-state index in [2.05, 4.69) is 21.7 Å². The first-order chi connectivity index (χ1) is 11.8. The van der Waals surface area contributed by atoms with E-state index in [9.17, 15) is 4.79 Å². The zero-order valence-corrected chi connectivity index (χ0v) is 14.0. The van der Waals surface area contributed by atoms with Crippen LogP contribution >= 0.6 is 11.3 Å². The van der Waals surface area contributed by atoms with Crippen LogP contribution in [-0.2, 0) is 6.42 Å². The largest absolute Gasteiger partial charge is 0.338 e. The molecule has 2 N–H and O–H groups in total. The van der Waals surface area contributed by atoms with Crippen LogP contribution in [0.4, 0.5) is 4.79 Å². The summed E-state index contributed by atoms with van der Waals surface area (Å²) in [6, 6.07) is 19.2. The van der Waals surface area contributed by atoms with Crippen LogP contribution in [0.25, 0.3) is 0 Å². The topological polar surface area (TPSA) is 54.0 Å². The van der Waals surface area contributed by atoms with E-state index in [1.54, 1.807) is 17.5 Å². The summed E-state index contributed by atoms with van der Waals surface area (Å²) in [7, 11) is 0. The molecule has 0 fully saturated rings. The third-order valence-electron chi connectivity index (χ3n) is 3.63. The summed E-state index contributed by atoms with van der Waals surface area (Å²) in [6.45, 7) is 0.607. The molecule has 24 heavy (non-hydrogen) atoms. The summed E-state index contributed by atoms with van der Waals surface area (Å²) in [5.41, 5.74) is 1.82. The molecular weight excluding hydrogens is 318 g/mol. The lowest BCUT2D eigenvalue weighted by Gasteiger charge is -2.19. The van der Waals surface area contributed by atoms with Gasteiger partial charge in [0.15, 0.2) is 0 Å². The van der Waals surface area contributed by atoms with E-state index in [0.717, 1.165) is 17.7 Å². The van der Waals surface area contributed by atoms with Crippen molar-refractivity contribution in [3.63, 3.8) is 0 Å². The van der Waals surface area contributed by atoms with Crippen LogP contribution in [0.1, 0.15) is 22.2 Å². The molecule has 3 aromatic rings. The summed E-state index contributed by atoms with van der Waals surface area (Å²) >= 11 is 1.70. The Morgan fingerprint density at radius 1 is 1.04 bits per heavy atom. The van der Waals surface area contributed by atoms with Gasteiger partial charge in [-0.15, -0.1) is 11.3 Å². The summed E-state index contributed by atoms with van der Waals surface area (Å²) in [5.74, 6) is 0. The summed E-state index contributed by atoms with van der Waals surface area (Å²) in [6.07, 6.45) is 2.58. The van der Waals surface area contributed by atoms with E-state index < -0.39 is 0 Å². The van der Waals surface area contributed by atoms with Gasteiger partial charge in [-0.05, 0) is 35.6 Å². The second kappa shape index (κ2) is 8.26. The number of nitrogens with one attached hydrogen (secondary N) is 2. The number of pyridine rings is 1. The van der Waals surface area contributed by atoms with Crippen molar-refractivity contribution in [1.82, 2.24) is 15.6 Å². The molecule has 3 rings (SSSR count). The fourth-order valence-corrected chi connectivity index (χ4v) is 3.17. The third-order valence-corrected chi connectivity index (χ3v) is 4.57. The number of nitrogens with zero attached hydrogens (tertiary/aromatic N) is 1. The number of rotatable bonds is 6. The van der Waals surface area contributed by atoms with Crippen LogP contribution in [0.15, 0.2) is 72.2 Å². The maximum Gasteiger partial charge on any atom is 0.315 e. The van der Waals surface area contributed by atoms with E-state index >= 15 is 0 Å². The predicted molar refractivity (Wildman–Crippen MR) is 97.1 cm³/mol. The molecule has 1 atom stereocenters. The van der Waals surface area contributed by atoms with Crippen LogP contribution in [0.2, 0.25) is 0 Å². The van der Waals surface area contributed by atoms with E-state index in [4.69, 9.17) is 0 Å². The zero-order valence-electron chi connectivity index (χ0n) is 13.2. The minimum absolute atomic E-state index is 0.189. The normalized spacial score (nSPS) is 11.7. The van der Waals surface area contributed by atoms with Gasteiger partial charge in [-0.1, -0.05) is 42.5 Å². The Bertz CT molecular complexity index is 705. The molecular formula is C19H19N3OS. The number of urea groups is 1. The van der Waals surface area contributed by atoms with Crippen molar-refractivity contribution in [2.24, 2.45) is 0 Å². The molecule has 0 saturated heterocycles. The lowest BCUT2D eigenvalue weighted by Crippen LogP contribution is -2.39. The first-order valence-corrected chi connectivity index (χ1v) is 8.73. The molecule has 0 aliphatic heterocycles. The van der Waals surface area contributed by atoms with E-state index in [1.807, 2.05) is 60.0 Å². The number of benzene rings is 1. The van der Waals surface area contributed by atoms with E-state index in [-0.39, 0.29) is 12.1 Å². The van der Waals surface area contributed by atoms with Gasteiger partial charge >= 0.3 is 6.03 Å². The fourth-order valence-electron chi connectivity index (χ4n) is 2.46. The smallest absolute Gasteiger partial charge is 0.315 e. The van der Waals surface area contributed by atoms with Crippen LogP contribution in [0.3, 0.4) is 0 Å². The average Bonchev–Trinajstić information content (AvgIpc) is 3.15. The van der Waals surface area contributed by atoms with Gasteiger partial charge in [-0.2, -0.15) is 0 Å². The summed E-state index contributed by atoms with van der Waals surface area (Å²) < 4.78 is 0. The monoisotopic (exact) mass is 337 g/mol. The molecule has 122 valence electrons. The fraction of sp³-hybridized carbons (Fsp3) is 0.158. The molecule has 2 heterocycles. The summed E-state index contributed by atoms with van der Waals surface area (Å²) in [4.78, 5) is 17.9. The SMILES string of the molecule is O=C(NCCc1cccs1)NC(c1ccccc1)c1ccccn1. The van der Waals surface area contributed by atoms with Crippen molar-refractivity contribution in [2.75, 3.05) is 6.54 Å². The molecule has 0 spiro atoms. The van der Waals surface area contributed by atoms with Crippen LogP contribution in [0.5, 0.6) is 0 Å². The first kappa shape index (κ1) is 16.2. The zero-order chi connectivity index (χ0) is 16.6. The van der Waals surface area contributed by atoms with Crippen LogP contribution < -0.4 is 10.6 Å². The second-order valence-electron chi connectivity index (χ2n) is 5.33.